The van der Waals surface area contributed by atoms with E-state index in [9.17, 15) is 13.6 Å². The Bertz CT molecular complexity index is 645. The van der Waals surface area contributed by atoms with Gasteiger partial charge in [-0.3, -0.25) is 0 Å². The molecule has 8 heteroatoms. The standard InChI is InChI=1S/C11H5BrClF2NO3/c12-6-3-4(13)1-2-5(6)10-16-7(9(14)15)8(19-10)11(17)18/h1-3,9H,(H,17,18). The van der Waals surface area contributed by atoms with Crippen LogP contribution in [0.5, 0.6) is 0 Å². The summed E-state index contributed by atoms with van der Waals surface area (Å²) >= 11 is 8.92. The Kier molecular flexibility index (Phi) is 3.86. The number of hydrogen-bond acceptors (Lipinski definition) is 3. The van der Waals surface area contributed by atoms with E-state index in [1.807, 2.05) is 0 Å². The maximum absolute atomic E-state index is 12.7. The molecule has 100 valence electrons. The van der Waals surface area contributed by atoms with Crippen LogP contribution in [0.1, 0.15) is 22.7 Å². The summed E-state index contributed by atoms with van der Waals surface area (Å²) in [6.07, 6.45) is -3.03. The predicted molar refractivity (Wildman–Crippen MR) is 66.6 cm³/mol. The third kappa shape index (κ3) is 2.76. The molecule has 0 aliphatic rings. The molecule has 0 aliphatic carbocycles. The molecular weight excluding hydrogens is 347 g/mol. The second-order valence-corrected chi connectivity index (χ2v) is 4.75. The number of aromatic carboxylic acids is 1. The van der Waals surface area contributed by atoms with Crippen LogP contribution in [0.2, 0.25) is 5.02 Å². The molecule has 0 radical (unpaired) electrons. The van der Waals surface area contributed by atoms with E-state index in [2.05, 4.69) is 20.9 Å². The lowest BCUT2D eigenvalue weighted by Crippen LogP contribution is -1.99. The molecule has 1 N–H and O–H groups in total. The summed E-state index contributed by atoms with van der Waals surface area (Å²) in [5.74, 6) is -2.68. The van der Waals surface area contributed by atoms with Crippen molar-refractivity contribution in [1.29, 1.82) is 0 Å². The Morgan fingerprint density at radius 3 is 2.63 bits per heavy atom. The van der Waals surface area contributed by atoms with Crippen molar-refractivity contribution in [2.45, 2.75) is 6.43 Å². The van der Waals surface area contributed by atoms with Gasteiger partial charge in [0.15, 0.2) is 5.69 Å². The minimum absolute atomic E-state index is 0.212. The lowest BCUT2D eigenvalue weighted by Gasteiger charge is -1.99. The maximum Gasteiger partial charge on any atom is 0.374 e. The number of carboxylic acid groups (broad SMARTS) is 1. The number of oxazole rings is 1. The molecule has 19 heavy (non-hydrogen) atoms. The highest BCUT2D eigenvalue weighted by atomic mass is 79.9. The first-order chi connectivity index (χ1) is 8.90. The van der Waals surface area contributed by atoms with Crippen molar-refractivity contribution >= 4 is 33.5 Å². The van der Waals surface area contributed by atoms with Gasteiger partial charge in [-0.15, -0.1) is 0 Å². The quantitative estimate of drug-likeness (QED) is 0.889. The second-order valence-electron chi connectivity index (χ2n) is 3.46. The van der Waals surface area contributed by atoms with E-state index in [1.54, 1.807) is 0 Å². The zero-order valence-corrected chi connectivity index (χ0v) is 11.4. The Morgan fingerprint density at radius 1 is 1.47 bits per heavy atom. The van der Waals surface area contributed by atoms with Gasteiger partial charge in [-0.25, -0.2) is 18.6 Å². The van der Waals surface area contributed by atoms with Crippen molar-refractivity contribution in [2.24, 2.45) is 0 Å². The van der Waals surface area contributed by atoms with Crippen LogP contribution in [-0.4, -0.2) is 16.1 Å². The molecule has 1 aromatic heterocycles. The van der Waals surface area contributed by atoms with Crippen LogP contribution >= 0.6 is 27.5 Å². The van der Waals surface area contributed by atoms with Crippen molar-refractivity contribution in [3.63, 3.8) is 0 Å². The summed E-state index contributed by atoms with van der Waals surface area (Å²) in [5, 5.41) is 9.21. The molecule has 0 amide bonds. The summed E-state index contributed by atoms with van der Waals surface area (Å²) in [7, 11) is 0. The summed E-state index contributed by atoms with van der Waals surface area (Å²) in [6.45, 7) is 0. The molecule has 1 heterocycles. The molecule has 0 atom stereocenters. The third-order valence-electron chi connectivity index (χ3n) is 2.22. The van der Waals surface area contributed by atoms with Crippen molar-refractivity contribution in [3.8, 4) is 11.5 Å². The number of halogens is 4. The first-order valence-electron chi connectivity index (χ1n) is 4.87. The van der Waals surface area contributed by atoms with Gasteiger partial charge in [0.2, 0.25) is 11.7 Å². The molecule has 1 aromatic carbocycles. The van der Waals surface area contributed by atoms with Crippen molar-refractivity contribution in [2.75, 3.05) is 0 Å². The predicted octanol–water partition coefficient (Wildman–Crippen LogP) is 4.39. The lowest BCUT2D eigenvalue weighted by molar-refractivity contribution is 0.0647. The molecule has 0 unspecified atom stereocenters. The Balaban J connectivity index is 2.57. The van der Waals surface area contributed by atoms with Gasteiger partial charge >= 0.3 is 5.97 Å². The van der Waals surface area contributed by atoms with Crippen LogP contribution in [0.15, 0.2) is 27.1 Å². The SMILES string of the molecule is O=C(O)c1oc(-c2ccc(Cl)cc2Br)nc1C(F)F. The summed E-state index contributed by atoms with van der Waals surface area (Å²) in [4.78, 5) is 14.3. The highest BCUT2D eigenvalue weighted by molar-refractivity contribution is 9.10. The van der Waals surface area contributed by atoms with Crippen LogP contribution in [-0.2, 0) is 0 Å². The molecule has 0 saturated carbocycles. The molecule has 0 spiro atoms. The summed E-state index contributed by atoms with van der Waals surface area (Å²) in [5.41, 5.74) is -0.567. The van der Waals surface area contributed by atoms with Crippen molar-refractivity contribution in [3.05, 3.63) is 39.1 Å². The minimum Gasteiger partial charge on any atom is -0.475 e. The van der Waals surface area contributed by atoms with Crippen LogP contribution in [0.3, 0.4) is 0 Å². The molecule has 2 rings (SSSR count). The van der Waals surface area contributed by atoms with E-state index in [0.29, 0.717) is 15.1 Å². The van der Waals surface area contributed by atoms with E-state index in [0.717, 1.165) is 0 Å². The van der Waals surface area contributed by atoms with Crippen LogP contribution in [0, 0.1) is 0 Å². The van der Waals surface area contributed by atoms with Gasteiger partial charge in [0.05, 0.1) is 5.56 Å². The van der Waals surface area contributed by atoms with E-state index < -0.39 is 23.8 Å². The van der Waals surface area contributed by atoms with E-state index in [1.165, 1.54) is 18.2 Å². The number of carbonyl (C=O) groups is 1. The highest BCUT2D eigenvalue weighted by Gasteiger charge is 2.27. The number of nitrogens with zero attached hydrogens (tertiary/aromatic N) is 1. The highest BCUT2D eigenvalue weighted by Crippen LogP contribution is 2.33. The lowest BCUT2D eigenvalue weighted by atomic mass is 10.2. The monoisotopic (exact) mass is 351 g/mol. The Labute approximate surface area is 119 Å². The van der Waals surface area contributed by atoms with Gasteiger partial charge in [-0.2, -0.15) is 0 Å². The smallest absolute Gasteiger partial charge is 0.374 e. The zero-order valence-electron chi connectivity index (χ0n) is 9.03. The average Bonchev–Trinajstić information content (AvgIpc) is 2.73. The maximum atomic E-state index is 12.7. The molecule has 0 bridgehead atoms. The normalized spacial score (nSPS) is 11.0. The van der Waals surface area contributed by atoms with E-state index in [4.69, 9.17) is 21.1 Å². The van der Waals surface area contributed by atoms with Gasteiger partial charge in [-0.1, -0.05) is 11.6 Å². The number of aromatic nitrogens is 1. The number of carboxylic acids is 1. The molecule has 2 aromatic rings. The fourth-order valence-corrected chi connectivity index (χ4v) is 2.26. The van der Waals surface area contributed by atoms with Crippen LogP contribution < -0.4 is 0 Å². The average molecular weight is 353 g/mol. The molecular formula is C11H5BrClF2NO3. The first kappa shape index (κ1) is 14.0. The van der Waals surface area contributed by atoms with Gasteiger partial charge in [0, 0.05) is 9.50 Å². The number of hydrogen-bond donors (Lipinski definition) is 1. The van der Waals surface area contributed by atoms with Crippen LogP contribution in [0.25, 0.3) is 11.5 Å². The summed E-state index contributed by atoms with van der Waals surface area (Å²) < 4.78 is 30.7. The van der Waals surface area contributed by atoms with Crippen molar-refractivity contribution in [1.82, 2.24) is 4.98 Å². The van der Waals surface area contributed by atoms with Gasteiger partial charge < -0.3 is 9.52 Å². The van der Waals surface area contributed by atoms with Gasteiger partial charge in [0.25, 0.3) is 6.43 Å². The Morgan fingerprint density at radius 2 is 2.16 bits per heavy atom. The number of alkyl halides is 2. The summed E-state index contributed by atoms with van der Waals surface area (Å²) in [6, 6.07) is 4.51. The molecule has 4 nitrogen and oxygen atoms in total. The zero-order chi connectivity index (χ0) is 14.2. The largest absolute Gasteiger partial charge is 0.475 e. The van der Waals surface area contributed by atoms with E-state index in [-0.39, 0.29) is 5.89 Å². The fraction of sp³-hybridized carbons (Fsp3) is 0.0909. The van der Waals surface area contributed by atoms with Gasteiger partial charge in [-0.05, 0) is 34.1 Å². The fourth-order valence-electron chi connectivity index (χ4n) is 1.41. The van der Waals surface area contributed by atoms with Gasteiger partial charge in [0.1, 0.15) is 0 Å². The molecule has 0 saturated heterocycles. The number of rotatable bonds is 3. The molecule has 0 fully saturated rings. The van der Waals surface area contributed by atoms with Crippen LogP contribution in [0.4, 0.5) is 8.78 Å². The first-order valence-corrected chi connectivity index (χ1v) is 6.05. The Hall–Kier alpha value is -1.47. The topological polar surface area (TPSA) is 63.3 Å². The van der Waals surface area contributed by atoms with E-state index >= 15 is 0 Å². The minimum atomic E-state index is -3.03. The third-order valence-corrected chi connectivity index (χ3v) is 3.11. The molecule has 0 aliphatic heterocycles. The second kappa shape index (κ2) is 5.26. The van der Waals surface area contributed by atoms with Crippen molar-refractivity contribution < 1.29 is 23.1 Å². The number of benzene rings is 1.